The molecule has 0 spiro atoms. The first-order chi connectivity index (χ1) is 16.0. The van der Waals surface area contributed by atoms with Crippen LogP contribution in [0.4, 0.5) is 0 Å². The molecule has 1 heterocycles. The van der Waals surface area contributed by atoms with Gasteiger partial charge in [-0.15, -0.1) is 0 Å². The number of fused-ring (bicyclic) bond motifs is 1. The van der Waals surface area contributed by atoms with Crippen LogP contribution in [0.25, 0.3) is 16.7 Å². The van der Waals surface area contributed by atoms with Crippen molar-refractivity contribution in [2.45, 2.75) is 18.5 Å². The van der Waals surface area contributed by atoms with E-state index in [1.165, 1.54) is 18.7 Å². The number of carbonyl (C=O) groups excluding carboxylic acids is 2. The van der Waals surface area contributed by atoms with E-state index in [9.17, 15) is 9.59 Å². The van der Waals surface area contributed by atoms with Crippen LogP contribution in [0, 0.1) is 0 Å². The normalized spacial score (nSPS) is 10.8. The lowest BCUT2D eigenvalue weighted by Crippen LogP contribution is -2.22. The molecule has 0 fully saturated rings. The Hall–Kier alpha value is -3.58. The summed E-state index contributed by atoms with van der Waals surface area (Å²) >= 11 is 1.43. The average molecular weight is 460 g/mol. The molecule has 33 heavy (non-hydrogen) atoms. The summed E-state index contributed by atoms with van der Waals surface area (Å²) in [4.78, 5) is 28.6. The minimum absolute atomic E-state index is 0.0421. The van der Waals surface area contributed by atoms with E-state index in [0.29, 0.717) is 12.1 Å². The number of Topliss-reactive ketones (excluding diaryl/α,β-unsaturated/α-hetero) is 1. The summed E-state index contributed by atoms with van der Waals surface area (Å²) in [6, 6.07) is 23.3. The van der Waals surface area contributed by atoms with E-state index < -0.39 is 0 Å². The van der Waals surface area contributed by atoms with Gasteiger partial charge in [0.05, 0.1) is 23.9 Å². The Balaban J connectivity index is 1.50. The summed E-state index contributed by atoms with van der Waals surface area (Å²) in [6.07, 6.45) is 0.731. The molecule has 0 radical (unpaired) electrons. The SMILES string of the molecule is COc1ccc(-n2c(SCC(=O)c3ccc(CCNC(C)=O)cc3)nc3ccccc32)cc1. The molecule has 1 amide bonds. The maximum atomic E-state index is 12.8. The largest absolute Gasteiger partial charge is 0.497 e. The molecule has 0 unspecified atom stereocenters. The quantitative estimate of drug-likeness (QED) is 0.290. The van der Waals surface area contributed by atoms with Crippen molar-refractivity contribution >= 4 is 34.5 Å². The first-order valence-corrected chi connectivity index (χ1v) is 11.6. The second-order valence-corrected chi connectivity index (χ2v) is 8.50. The van der Waals surface area contributed by atoms with Gasteiger partial charge in [-0.2, -0.15) is 0 Å². The van der Waals surface area contributed by atoms with Crippen LogP contribution in [0.1, 0.15) is 22.8 Å². The summed E-state index contributed by atoms with van der Waals surface area (Å²) in [5.74, 6) is 1.07. The zero-order valence-corrected chi connectivity index (χ0v) is 19.4. The average Bonchev–Trinajstić information content (AvgIpc) is 3.21. The summed E-state index contributed by atoms with van der Waals surface area (Å²) in [5.41, 5.74) is 4.57. The molecule has 0 atom stereocenters. The molecule has 1 aromatic heterocycles. The number of nitrogens with one attached hydrogen (secondary N) is 1. The van der Waals surface area contributed by atoms with Crippen molar-refractivity contribution in [3.63, 3.8) is 0 Å². The van der Waals surface area contributed by atoms with Gasteiger partial charge in [0.15, 0.2) is 10.9 Å². The van der Waals surface area contributed by atoms with Crippen LogP contribution in [0.3, 0.4) is 0 Å². The molecule has 0 saturated carbocycles. The van der Waals surface area contributed by atoms with E-state index in [1.54, 1.807) is 7.11 Å². The molecular weight excluding hydrogens is 434 g/mol. The second-order valence-electron chi connectivity index (χ2n) is 7.56. The van der Waals surface area contributed by atoms with Crippen molar-refractivity contribution in [3.05, 3.63) is 83.9 Å². The zero-order valence-electron chi connectivity index (χ0n) is 18.6. The number of carbonyl (C=O) groups is 2. The number of aromatic nitrogens is 2. The number of hydrogen-bond donors (Lipinski definition) is 1. The number of nitrogens with zero attached hydrogens (tertiary/aromatic N) is 2. The number of thioether (sulfide) groups is 1. The highest BCUT2D eigenvalue weighted by molar-refractivity contribution is 7.99. The molecule has 1 N–H and O–H groups in total. The summed E-state index contributed by atoms with van der Waals surface area (Å²) in [6.45, 7) is 2.09. The summed E-state index contributed by atoms with van der Waals surface area (Å²) in [7, 11) is 1.64. The third-order valence-corrected chi connectivity index (χ3v) is 6.20. The van der Waals surface area contributed by atoms with Crippen LogP contribution in [-0.2, 0) is 11.2 Å². The van der Waals surface area contributed by atoms with E-state index in [4.69, 9.17) is 9.72 Å². The van der Waals surface area contributed by atoms with E-state index in [2.05, 4.69) is 9.88 Å². The lowest BCUT2D eigenvalue weighted by atomic mass is 10.1. The van der Waals surface area contributed by atoms with Crippen molar-refractivity contribution in [3.8, 4) is 11.4 Å². The summed E-state index contributed by atoms with van der Waals surface area (Å²) < 4.78 is 7.35. The lowest BCUT2D eigenvalue weighted by molar-refractivity contribution is -0.118. The van der Waals surface area contributed by atoms with Crippen LogP contribution in [0.5, 0.6) is 5.75 Å². The number of para-hydroxylation sites is 2. The van der Waals surface area contributed by atoms with Crippen LogP contribution >= 0.6 is 11.8 Å². The number of ketones is 1. The van der Waals surface area contributed by atoms with Gasteiger partial charge in [0, 0.05) is 24.7 Å². The Morgan fingerprint density at radius 2 is 1.73 bits per heavy atom. The number of methoxy groups -OCH3 is 1. The molecule has 6 nitrogen and oxygen atoms in total. The smallest absolute Gasteiger partial charge is 0.216 e. The van der Waals surface area contributed by atoms with E-state index in [0.717, 1.165) is 39.6 Å². The number of imidazole rings is 1. The van der Waals surface area contributed by atoms with Gasteiger partial charge in [-0.1, -0.05) is 48.2 Å². The molecule has 3 aromatic carbocycles. The van der Waals surface area contributed by atoms with Gasteiger partial charge < -0.3 is 10.1 Å². The van der Waals surface area contributed by atoms with Crippen LogP contribution in [0.15, 0.2) is 78.0 Å². The third kappa shape index (κ3) is 5.43. The van der Waals surface area contributed by atoms with E-state index in [1.807, 2.05) is 72.8 Å². The molecule has 0 aliphatic carbocycles. The molecule has 4 rings (SSSR count). The fraction of sp³-hybridized carbons (Fsp3) is 0.192. The van der Waals surface area contributed by atoms with Crippen molar-refractivity contribution in [2.75, 3.05) is 19.4 Å². The van der Waals surface area contributed by atoms with E-state index >= 15 is 0 Å². The monoisotopic (exact) mass is 459 g/mol. The molecule has 0 bridgehead atoms. The molecule has 4 aromatic rings. The molecule has 0 aliphatic rings. The van der Waals surface area contributed by atoms with Crippen molar-refractivity contribution < 1.29 is 14.3 Å². The number of benzene rings is 3. The minimum Gasteiger partial charge on any atom is -0.497 e. The van der Waals surface area contributed by atoms with Gasteiger partial charge in [0.2, 0.25) is 5.91 Å². The number of amides is 1. The fourth-order valence-electron chi connectivity index (χ4n) is 3.54. The van der Waals surface area contributed by atoms with Gasteiger partial charge >= 0.3 is 0 Å². The highest BCUT2D eigenvalue weighted by Crippen LogP contribution is 2.29. The second kappa shape index (κ2) is 10.4. The predicted octanol–water partition coefficient (Wildman–Crippen LogP) is 4.69. The summed E-state index contributed by atoms with van der Waals surface area (Å²) in [5, 5.41) is 3.55. The van der Waals surface area contributed by atoms with Gasteiger partial charge in [-0.25, -0.2) is 4.98 Å². The zero-order chi connectivity index (χ0) is 23.2. The Morgan fingerprint density at radius 3 is 2.42 bits per heavy atom. The van der Waals surface area contributed by atoms with Crippen molar-refractivity contribution in [2.24, 2.45) is 0 Å². The van der Waals surface area contributed by atoms with Gasteiger partial charge in [0.25, 0.3) is 0 Å². The Kier molecular flexibility index (Phi) is 7.10. The van der Waals surface area contributed by atoms with Crippen LogP contribution in [-0.4, -0.2) is 40.6 Å². The van der Waals surface area contributed by atoms with Gasteiger partial charge in [-0.05, 0) is 48.4 Å². The number of ether oxygens (including phenoxy) is 1. The predicted molar refractivity (Wildman–Crippen MR) is 132 cm³/mol. The number of hydrogen-bond acceptors (Lipinski definition) is 5. The van der Waals surface area contributed by atoms with Crippen LogP contribution < -0.4 is 10.1 Å². The van der Waals surface area contributed by atoms with Crippen molar-refractivity contribution in [1.29, 1.82) is 0 Å². The molecule has 0 saturated heterocycles. The molecule has 0 aliphatic heterocycles. The Bertz CT molecular complexity index is 1260. The minimum atomic E-state index is -0.0421. The van der Waals surface area contributed by atoms with Crippen LogP contribution in [0.2, 0.25) is 0 Å². The standard InChI is InChI=1S/C26H25N3O3S/c1-18(30)27-16-15-19-7-9-20(10-8-19)25(31)17-33-26-28-23-5-3-4-6-24(23)29(26)21-11-13-22(32-2)14-12-21/h3-14H,15-17H2,1-2H3,(H,27,30). The van der Waals surface area contributed by atoms with Crippen molar-refractivity contribution in [1.82, 2.24) is 14.9 Å². The maximum Gasteiger partial charge on any atom is 0.216 e. The third-order valence-electron chi connectivity index (χ3n) is 5.26. The first kappa shape index (κ1) is 22.6. The molecule has 168 valence electrons. The number of rotatable bonds is 9. The maximum absolute atomic E-state index is 12.8. The van der Waals surface area contributed by atoms with Gasteiger partial charge in [0.1, 0.15) is 5.75 Å². The molecule has 7 heteroatoms. The topological polar surface area (TPSA) is 73.2 Å². The first-order valence-electron chi connectivity index (χ1n) is 10.7. The highest BCUT2D eigenvalue weighted by atomic mass is 32.2. The Morgan fingerprint density at radius 1 is 1.00 bits per heavy atom. The fourth-order valence-corrected chi connectivity index (χ4v) is 4.46. The molecular formula is C26H25N3O3S. The van der Waals surface area contributed by atoms with E-state index in [-0.39, 0.29) is 17.4 Å². The van der Waals surface area contributed by atoms with Gasteiger partial charge in [-0.3, -0.25) is 14.2 Å². The Labute approximate surface area is 197 Å². The lowest BCUT2D eigenvalue weighted by Gasteiger charge is -2.10. The highest BCUT2D eigenvalue weighted by Gasteiger charge is 2.15.